The van der Waals surface area contributed by atoms with Crippen molar-refractivity contribution >= 4 is 16.9 Å². The molecule has 0 N–H and O–H groups in total. The third-order valence-electron chi connectivity index (χ3n) is 10.4. The average molecular weight is 714 g/mol. The van der Waals surface area contributed by atoms with Gasteiger partial charge in [-0.15, -0.1) is 0 Å². The normalized spacial score (nSPS) is 24.3. The molecule has 11 heteroatoms. The standard InChI is InChI=1S/C39H35F6O4S/c1-37(28-19-24-18-25(21-28)22-29(37)20-24)49-36(46)23-47-30-6-8-31(9-7-30)48-32-10-16-35(17-11-32)50(33-12-2-26(3-13-33)38(40,41)42)34-14-4-27(5-15-34)39(43,44)45/h2-17,24-25,28-29H,18-23H2,1H3/q+1. The van der Waals surface area contributed by atoms with Crippen LogP contribution in [0.3, 0.4) is 0 Å². The fourth-order valence-corrected chi connectivity index (χ4v) is 10.1. The summed E-state index contributed by atoms with van der Waals surface area (Å²) in [6.45, 7) is 1.91. The van der Waals surface area contributed by atoms with E-state index in [2.05, 4.69) is 6.92 Å². The molecule has 0 atom stereocenters. The molecule has 0 aliphatic heterocycles. The van der Waals surface area contributed by atoms with Crippen LogP contribution in [-0.2, 0) is 32.8 Å². The van der Waals surface area contributed by atoms with Gasteiger partial charge in [-0.1, -0.05) is 0 Å². The van der Waals surface area contributed by atoms with Gasteiger partial charge in [0.25, 0.3) is 0 Å². The van der Waals surface area contributed by atoms with E-state index in [1.165, 1.54) is 30.7 Å². The first-order chi connectivity index (χ1) is 23.7. The highest BCUT2D eigenvalue weighted by Gasteiger charge is 2.57. The van der Waals surface area contributed by atoms with E-state index in [1.54, 1.807) is 48.5 Å². The van der Waals surface area contributed by atoms with Crippen LogP contribution in [0.15, 0.2) is 112 Å². The van der Waals surface area contributed by atoms with E-state index in [-0.39, 0.29) is 12.6 Å². The van der Waals surface area contributed by atoms with Gasteiger partial charge in [0.1, 0.15) is 22.8 Å². The minimum Gasteiger partial charge on any atom is -0.482 e. The minimum atomic E-state index is -4.52. The van der Waals surface area contributed by atoms with Gasteiger partial charge in [0.15, 0.2) is 21.3 Å². The summed E-state index contributed by atoms with van der Waals surface area (Å²) in [5.41, 5.74) is -2.05. The lowest BCUT2D eigenvalue weighted by Crippen LogP contribution is -2.58. The van der Waals surface area contributed by atoms with Crippen molar-refractivity contribution in [1.29, 1.82) is 0 Å². The lowest BCUT2D eigenvalue weighted by Gasteiger charge is -2.59. The topological polar surface area (TPSA) is 44.8 Å². The van der Waals surface area contributed by atoms with Crippen molar-refractivity contribution < 1.29 is 45.3 Å². The van der Waals surface area contributed by atoms with Crippen LogP contribution in [0.4, 0.5) is 26.3 Å². The van der Waals surface area contributed by atoms with E-state index in [0.717, 1.165) is 61.8 Å². The molecule has 50 heavy (non-hydrogen) atoms. The lowest BCUT2D eigenvalue weighted by molar-refractivity contribution is -0.204. The van der Waals surface area contributed by atoms with Gasteiger partial charge in [0.05, 0.1) is 22.0 Å². The second-order valence-electron chi connectivity index (χ2n) is 13.6. The maximum atomic E-state index is 13.2. The SMILES string of the molecule is CC1(OC(=O)COc2ccc(Oc3ccc([S+](c4ccc(C(F)(F)F)cc4)c4ccc(C(F)(F)F)cc4)cc3)cc2)C2CC3CC(C2)CC1C3. The number of halogens is 6. The Balaban J connectivity index is 0.998. The van der Waals surface area contributed by atoms with E-state index in [9.17, 15) is 31.1 Å². The van der Waals surface area contributed by atoms with E-state index < -0.39 is 40.0 Å². The van der Waals surface area contributed by atoms with Gasteiger partial charge < -0.3 is 14.2 Å². The fraction of sp³-hybridized carbons (Fsp3) is 0.359. The summed E-state index contributed by atoms with van der Waals surface area (Å²) in [5.74, 6) is 3.48. The molecule has 4 aliphatic carbocycles. The lowest BCUT2D eigenvalue weighted by atomic mass is 9.50. The smallest absolute Gasteiger partial charge is 0.416 e. The van der Waals surface area contributed by atoms with Crippen molar-refractivity contribution in [3.8, 4) is 17.2 Å². The predicted octanol–water partition coefficient (Wildman–Crippen LogP) is 10.7. The molecule has 4 aromatic rings. The molecule has 0 spiro atoms. The Hall–Kier alpha value is -4.12. The zero-order valence-electron chi connectivity index (χ0n) is 27.1. The number of carbonyl (C=O) groups excluding carboxylic acids is 1. The number of alkyl halides is 6. The Morgan fingerprint density at radius 1 is 0.620 bits per heavy atom. The molecular formula is C39H35F6O4S+. The van der Waals surface area contributed by atoms with Crippen LogP contribution in [-0.4, -0.2) is 18.2 Å². The van der Waals surface area contributed by atoms with Gasteiger partial charge in [0.2, 0.25) is 0 Å². The third kappa shape index (κ3) is 7.20. The maximum absolute atomic E-state index is 13.2. The zero-order valence-corrected chi connectivity index (χ0v) is 27.9. The van der Waals surface area contributed by atoms with Crippen LogP contribution in [0.2, 0.25) is 0 Å². The molecule has 8 rings (SSSR count). The Kier molecular flexibility index (Phi) is 9.07. The van der Waals surface area contributed by atoms with Crippen LogP contribution < -0.4 is 9.47 Å². The van der Waals surface area contributed by atoms with E-state index in [4.69, 9.17) is 14.2 Å². The highest BCUT2D eigenvalue weighted by Crippen LogP contribution is 2.59. The summed E-state index contributed by atoms with van der Waals surface area (Å²) in [6.07, 6.45) is -3.16. The number of hydrogen-bond donors (Lipinski definition) is 0. The van der Waals surface area contributed by atoms with Gasteiger partial charge >= 0.3 is 18.3 Å². The summed E-state index contributed by atoms with van der Waals surface area (Å²) in [4.78, 5) is 14.5. The van der Waals surface area contributed by atoms with Crippen LogP contribution in [0.25, 0.3) is 0 Å². The van der Waals surface area contributed by atoms with Gasteiger partial charge in [0, 0.05) is 0 Å². The van der Waals surface area contributed by atoms with E-state index in [0.29, 0.717) is 43.8 Å². The Morgan fingerprint density at radius 2 is 1.00 bits per heavy atom. The van der Waals surface area contributed by atoms with E-state index >= 15 is 0 Å². The third-order valence-corrected chi connectivity index (χ3v) is 12.6. The molecule has 0 radical (unpaired) electrons. The first-order valence-corrected chi connectivity index (χ1v) is 17.8. The summed E-state index contributed by atoms with van der Waals surface area (Å²) in [5, 5.41) is 0. The predicted molar refractivity (Wildman–Crippen MR) is 175 cm³/mol. The highest BCUT2D eigenvalue weighted by atomic mass is 32.2. The summed E-state index contributed by atoms with van der Waals surface area (Å²) < 4.78 is 97.2. The van der Waals surface area contributed by atoms with Gasteiger partial charge in [-0.3, -0.25) is 0 Å². The van der Waals surface area contributed by atoms with Crippen LogP contribution in [0.5, 0.6) is 17.2 Å². The molecule has 0 unspecified atom stereocenters. The summed E-state index contributed by atoms with van der Waals surface area (Å²) >= 11 is 0. The molecule has 4 aliphatic rings. The molecule has 262 valence electrons. The second kappa shape index (κ2) is 13.2. The van der Waals surface area contributed by atoms with Crippen molar-refractivity contribution in [1.82, 2.24) is 0 Å². The highest BCUT2D eigenvalue weighted by molar-refractivity contribution is 7.97. The number of esters is 1. The summed E-state index contributed by atoms with van der Waals surface area (Å²) in [6, 6.07) is 22.9. The van der Waals surface area contributed by atoms with Crippen LogP contribution in [0.1, 0.15) is 50.2 Å². The zero-order chi connectivity index (χ0) is 35.3. The van der Waals surface area contributed by atoms with Crippen LogP contribution >= 0.6 is 0 Å². The molecule has 4 aromatic carbocycles. The molecular weight excluding hydrogens is 678 g/mol. The van der Waals surface area contributed by atoms with Crippen molar-refractivity contribution in [3.05, 3.63) is 108 Å². The number of ether oxygens (including phenoxy) is 3. The quantitative estimate of drug-likeness (QED) is 0.0984. The van der Waals surface area contributed by atoms with Crippen LogP contribution in [0, 0.1) is 23.7 Å². The van der Waals surface area contributed by atoms with E-state index in [1.807, 2.05) is 0 Å². The molecule has 4 nitrogen and oxygen atoms in total. The molecule has 0 amide bonds. The molecule has 0 heterocycles. The van der Waals surface area contributed by atoms with Crippen molar-refractivity contribution in [2.45, 2.75) is 71.7 Å². The van der Waals surface area contributed by atoms with Gasteiger partial charge in [-0.2, -0.15) is 26.3 Å². The Bertz CT molecular complexity index is 1720. The maximum Gasteiger partial charge on any atom is 0.416 e. The van der Waals surface area contributed by atoms with Crippen molar-refractivity contribution in [3.63, 3.8) is 0 Å². The average Bonchev–Trinajstić information content (AvgIpc) is 3.07. The summed E-state index contributed by atoms with van der Waals surface area (Å²) in [7, 11) is -1.00. The number of carbonyl (C=O) groups is 1. The van der Waals surface area contributed by atoms with Gasteiger partial charge in [-0.25, -0.2) is 4.79 Å². The number of hydrogen-bond acceptors (Lipinski definition) is 4. The van der Waals surface area contributed by atoms with Gasteiger partial charge in [-0.05, 0) is 160 Å². The molecule has 0 saturated heterocycles. The van der Waals surface area contributed by atoms with Crippen molar-refractivity contribution in [2.24, 2.45) is 23.7 Å². The minimum absolute atomic E-state index is 0.191. The number of benzene rings is 4. The Morgan fingerprint density at radius 3 is 1.42 bits per heavy atom. The molecule has 4 bridgehead atoms. The molecule has 4 fully saturated rings. The first kappa shape index (κ1) is 34.3. The first-order valence-electron chi connectivity index (χ1n) is 16.6. The monoisotopic (exact) mass is 713 g/mol. The Labute approximate surface area is 289 Å². The second-order valence-corrected chi connectivity index (χ2v) is 15.7. The fourth-order valence-electron chi connectivity index (χ4n) is 8.06. The van der Waals surface area contributed by atoms with Crippen molar-refractivity contribution in [2.75, 3.05) is 6.61 Å². The largest absolute Gasteiger partial charge is 0.482 e. The number of rotatable bonds is 9. The molecule has 4 saturated carbocycles. The molecule has 0 aromatic heterocycles.